The van der Waals surface area contributed by atoms with Gasteiger partial charge in [-0.05, 0) is 6.42 Å². The van der Waals surface area contributed by atoms with Crippen LogP contribution in [0, 0.1) is 0 Å². The molecule has 0 fully saturated rings. The van der Waals surface area contributed by atoms with Gasteiger partial charge in [0.1, 0.15) is 5.82 Å². The van der Waals surface area contributed by atoms with Crippen LogP contribution >= 0.6 is 0 Å². The Bertz CT molecular complexity index is 424. The summed E-state index contributed by atoms with van der Waals surface area (Å²) < 4.78 is 23.5. The van der Waals surface area contributed by atoms with Gasteiger partial charge in [-0.1, -0.05) is 19.8 Å². The summed E-state index contributed by atoms with van der Waals surface area (Å²) in [6.07, 6.45) is 3.91. The lowest BCUT2D eigenvalue weighted by Gasteiger charge is -2.01. The molecule has 0 saturated carbocycles. The first-order valence-corrected chi connectivity index (χ1v) is 6.42. The van der Waals surface area contributed by atoms with E-state index in [0.29, 0.717) is 5.82 Å². The third kappa shape index (κ3) is 3.00. The van der Waals surface area contributed by atoms with Crippen LogP contribution in [0.1, 0.15) is 32.0 Å². The van der Waals surface area contributed by atoms with Crippen LogP contribution in [0.4, 0.5) is 0 Å². The van der Waals surface area contributed by atoms with Gasteiger partial charge in [-0.25, -0.2) is 13.6 Å². The summed E-state index contributed by atoms with van der Waals surface area (Å²) in [6, 6.07) is 0. The van der Waals surface area contributed by atoms with Crippen LogP contribution in [0.5, 0.6) is 0 Å². The molecule has 0 saturated heterocycles. The van der Waals surface area contributed by atoms with Crippen LogP contribution < -0.4 is 5.14 Å². The average molecular weight is 232 g/mol. The van der Waals surface area contributed by atoms with Crippen molar-refractivity contribution >= 4 is 10.0 Å². The van der Waals surface area contributed by atoms with Gasteiger partial charge >= 0.3 is 0 Å². The molecular weight excluding hydrogens is 216 g/mol. The lowest BCUT2D eigenvalue weighted by molar-refractivity contribution is 0.576. The van der Waals surface area contributed by atoms with Crippen molar-refractivity contribution in [3.8, 4) is 0 Å². The van der Waals surface area contributed by atoms with Gasteiger partial charge in [0.2, 0.25) is 0 Å². The van der Waals surface area contributed by atoms with E-state index in [9.17, 15) is 8.42 Å². The summed E-state index contributed by atoms with van der Waals surface area (Å²) in [5.74, 6) is 0.660. The van der Waals surface area contributed by atoms with Crippen molar-refractivity contribution in [2.45, 2.75) is 37.8 Å². The molecule has 1 rings (SSSR count). The predicted octanol–water partition coefficient (Wildman–Crippen LogP) is 0.195. The largest absolute Gasteiger partial charge is 0.304 e. The number of primary sulfonamides is 1. The number of hydrogen-bond acceptors (Lipinski definition) is 4. The predicted molar refractivity (Wildman–Crippen MR) is 55.6 cm³/mol. The second-order valence-corrected chi connectivity index (χ2v) is 4.92. The summed E-state index contributed by atoms with van der Waals surface area (Å²) in [5, 5.41) is 12.2. The molecule has 86 valence electrons. The van der Waals surface area contributed by atoms with Crippen LogP contribution in [-0.2, 0) is 23.5 Å². The second-order valence-electron chi connectivity index (χ2n) is 3.46. The number of aryl methyl sites for hydroxylation is 1. The number of sulfonamides is 1. The molecule has 0 radical (unpaired) electrons. The van der Waals surface area contributed by atoms with E-state index in [1.165, 1.54) is 4.57 Å². The van der Waals surface area contributed by atoms with E-state index in [0.717, 1.165) is 25.7 Å². The first-order valence-electron chi connectivity index (χ1n) is 4.88. The highest BCUT2D eigenvalue weighted by Gasteiger charge is 2.17. The lowest BCUT2D eigenvalue weighted by Crippen LogP contribution is -2.17. The summed E-state index contributed by atoms with van der Waals surface area (Å²) in [7, 11) is -2.14. The maximum Gasteiger partial charge on any atom is 0.273 e. The van der Waals surface area contributed by atoms with Crippen molar-refractivity contribution in [3.63, 3.8) is 0 Å². The highest BCUT2D eigenvalue weighted by atomic mass is 32.2. The molecule has 0 aromatic carbocycles. The minimum Gasteiger partial charge on any atom is -0.304 e. The summed E-state index contributed by atoms with van der Waals surface area (Å²) in [6.45, 7) is 2.10. The van der Waals surface area contributed by atoms with Crippen LogP contribution in [-0.4, -0.2) is 23.2 Å². The molecule has 0 bridgehead atoms. The Balaban J connectivity index is 2.81. The van der Waals surface area contributed by atoms with Crippen molar-refractivity contribution in [1.82, 2.24) is 14.8 Å². The number of rotatable bonds is 5. The molecule has 0 spiro atoms. The number of nitrogens with two attached hydrogens (primary N) is 1. The molecule has 0 unspecified atom stereocenters. The summed E-state index contributed by atoms with van der Waals surface area (Å²) in [5.41, 5.74) is 0. The average Bonchev–Trinajstić information content (AvgIpc) is 2.47. The Morgan fingerprint density at radius 3 is 2.47 bits per heavy atom. The van der Waals surface area contributed by atoms with Gasteiger partial charge in [0.05, 0.1) is 0 Å². The summed E-state index contributed by atoms with van der Waals surface area (Å²) >= 11 is 0. The lowest BCUT2D eigenvalue weighted by atomic mass is 10.2. The Morgan fingerprint density at radius 2 is 2.00 bits per heavy atom. The molecule has 0 aliphatic heterocycles. The Labute approximate surface area is 89.5 Å². The van der Waals surface area contributed by atoms with E-state index >= 15 is 0 Å². The smallest absolute Gasteiger partial charge is 0.273 e. The highest BCUT2D eigenvalue weighted by Crippen LogP contribution is 2.08. The third-order valence-electron chi connectivity index (χ3n) is 2.18. The number of hydrogen-bond donors (Lipinski definition) is 1. The maximum absolute atomic E-state index is 11.1. The quantitative estimate of drug-likeness (QED) is 0.734. The molecule has 1 aromatic rings. The van der Waals surface area contributed by atoms with E-state index in [4.69, 9.17) is 5.14 Å². The van der Waals surface area contributed by atoms with Gasteiger partial charge in [0.25, 0.3) is 15.2 Å². The molecule has 0 atom stereocenters. The van der Waals surface area contributed by atoms with Crippen LogP contribution in [0.2, 0.25) is 0 Å². The fourth-order valence-corrected chi connectivity index (χ4v) is 1.99. The SMILES string of the molecule is CCCCCc1nnc(S(N)(=O)=O)n1C. The van der Waals surface area contributed by atoms with Gasteiger partial charge in [-0.2, -0.15) is 0 Å². The molecule has 0 aliphatic carbocycles. The molecule has 6 nitrogen and oxygen atoms in total. The second kappa shape index (κ2) is 4.71. The van der Waals surface area contributed by atoms with Gasteiger partial charge in [0.15, 0.2) is 0 Å². The fraction of sp³-hybridized carbons (Fsp3) is 0.750. The first-order chi connectivity index (χ1) is 6.96. The number of aromatic nitrogens is 3. The standard InChI is InChI=1S/C8H16N4O2S/c1-3-4-5-6-7-10-11-8(12(7)2)15(9,13)14/h3-6H2,1-2H3,(H2,9,13,14). The Morgan fingerprint density at radius 1 is 1.33 bits per heavy atom. The van der Waals surface area contributed by atoms with Crippen LogP contribution in [0.15, 0.2) is 5.16 Å². The molecule has 0 aliphatic rings. The van der Waals surface area contributed by atoms with Crippen molar-refractivity contribution in [3.05, 3.63) is 5.82 Å². The Hall–Kier alpha value is -0.950. The molecule has 15 heavy (non-hydrogen) atoms. The van der Waals surface area contributed by atoms with E-state index in [1.807, 2.05) is 0 Å². The van der Waals surface area contributed by atoms with Gasteiger partial charge in [-0.3, -0.25) is 0 Å². The van der Waals surface area contributed by atoms with Gasteiger partial charge in [-0.15, -0.1) is 10.2 Å². The highest BCUT2D eigenvalue weighted by molar-refractivity contribution is 7.89. The van der Waals surface area contributed by atoms with Gasteiger partial charge in [0, 0.05) is 13.5 Å². The first kappa shape index (κ1) is 12.1. The van der Waals surface area contributed by atoms with Gasteiger partial charge < -0.3 is 4.57 Å². The zero-order valence-corrected chi connectivity index (χ0v) is 9.79. The van der Waals surface area contributed by atoms with E-state index in [-0.39, 0.29) is 5.16 Å². The molecule has 0 amide bonds. The molecule has 1 heterocycles. The van der Waals surface area contributed by atoms with Crippen molar-refractivity contribution in [2.24, 2.45) is 12.2 Å². The minimum absolute atomic E-state index is 0.172. The van der Waals surface area contributed by atoms with Crippen LogP contribution in [0.25, 0.3) is 0 Å². The van der Waals surface area contributed by atoms with E-state index in [1.54, 1.807) is 7.05 Å². The van der Waals surface area contributed by atoms with Crippen molar-refractivity contribution in [2.75, 3.05) is 0 Å². The summed E-state index contributed by atoms with van der Waals surface area (Å²) in [4.78, 5) is 0. The maximum atomic E-state index is 11.1. The molecular formula is C8H16N4O2S. The fourth-order valence-electron chi connectivity index (χ4n) is 1.34. The Kier molecular flexibility index (Phi) is 3.81. The minimum atomic E-state index is -3.75. The van der Waals surface area contributed by atoms with Crippen molar-refractivity contribution < 1.29 is 8.42 Å². The third-order valence-corrected chi connectivity index (χ3v) is 3.05. The van der Waals surface area contributed by atoms with E-state index < -0.39 is 10.0 Å². The van der Waals surface area contributed by atoms with E-state index in [2.05, 4.69) is 17.1 Å². The molecule has 1 aromatic heterocycles. The zero-order chi connectivity index (χ0) is 11.5. The van der Waals surface area contributed by atoms with Crippen molar-refractivity contribution in [1.29, 1.82) is 0 Å². The molecule has 7 heteroatoms. The topological polar surface area (TPSA) is 90.9 Å². The normalized spacial score (nSPS) is 11.9. The monoisotopic (exact) mass is 232 g/mol. The van der Waals surface area contributed by atoms with Crippen LogP contribution in [0.3, 0.4) is 0 Å². The zero-order valence-electron chi connectivity index (χ0n) is 8.97. The number of nitrogens with zero attached hydrogens (tertiary/aromatic N) is 3. The molecule has 2 N–H and O–H groups in total. The number of unbranched alkanes of at least 4 members (excludes halogenated alkanes) is 2.